The van der Waals surface area contributed by atoms with Crippen molar-refractivity contribution in [2.75, 3.05) is 5.43 Å². The molecule has 0 radical (unpaired) electrons. The summed E-state index contributed by atoms with van der Waals surface area (Å²) in [5.74, 6) is -0.996. The summed E-state index contributed by atoms with van der Waals surface area (Å²) in [5, 5.41) is 13.0. The molecule has 0 saturated carbocycles. The molecule has 160 valence electrons. The van der Waals surface area contributed by atoms with Gasteiger partial charge < -0.3 is 4.74 Å². The molecule has 12 heteroatoms. The number of aromatic nitrogens is 3. The number of carbonyl (C=O) groups excluding carboxylic acids is 1. The van der Waals surface area contributed by atoms with Gasteiger partial charge >= 0.3 is 11.6 Å². The Morgan fingerprint density at radius 3 is 2.66 bits per heavy atom. The van der Waals surface area contributed by atoms with Crippen LogP contribution >= 0.6 is 23.2 Å². The minimum Gasteiger partial charge on any atom is -0.431 e. The fourth-order valence-electron chi connectivity index (χ4n) is 2.81. The molecular formula is C20H12Cl2N6O4. The summed E-state index contributed by atoms with van der Waals surface area (Å²) in [6.07, 6.45) is 2.64. The SMILES string of the molecule is O=C(NNc1ncnc(Oc2cccc3cccnc23)c1[N+](=O)[O-])c1ccc(Cl)cc1Cl. The molecule has 2 aromatic carbocycles. The third-order valence-electron chi connectivity index (χ3n) is 4.24. The number of carbonyl (C=O) groups is 1. The zero-order valence-electron chi connectivity index (χ0n) is 16.0. The van der Waals surface area contributed by atoms with Crippen molar-refractivity contribution in [1.82, 2.24) is 20.4 Å². The molecule has 0 unspecified atom stereocenters. The van der Waals surface area contributed by atoms with Gasteiger partial charge in [0.15, 0.2) is 5.75 Å². The Hall–Kier alpha value is -4.02. The molecule has 4 rings (SSSR count). The molecule has 32 heavy (non-hydrogen) atoms. The summed E-state index contributed by atoms with van der Waals surface area (Å²) in [6.45, 7) is 0. The van der Waals surface area contributed by atoms with Crippen LogP contribution < -0.4 is 15.6 Å². The maximum absolute atomic E-state index is 12.4. The van der Waals surface area contributed by atoms with Crippen LogP contribution in [0.5, 0.6) is 11.6 Å². The number of hydrogen-bond donors (Lipinski definition) is 2. The van der Waals surface area contributed by atoms with Crippen molar-refractivity contribution in [2.45, 2.75) is 0 Å². The van der Waals surface area contributed by atoms with Gasteiger partial charge in [0, 0.05) is 16.6 Å². The Balaban J connectivity index is 1.62. The molecule has 2 N–H and O–H groups in total. The number of hydrazine groups is 1. The second-order valence-electron chi connectivity index (χ2n) is 6.27. The Kier molecular flexibility index (Phi) is 5.97. The van der Waals surface area contributed by atoms with Crippen LogP contribution in [0.2, 0.25) is 10.0 Å². The molecule has 4 aromatic rings. The molecule has 0 saturated heterocycles. The Morgan fingerprint density at radius 2 is 1.88 bits per heavy atom. The van der Waals surface area contributed by atoms with Crippen LogP contribution in [0.1, 0.15) is 10.4 Å². The molecule has 2 heterocycles. The van der Waals surface area contributed by atoms with E-state index in [1.807, 2.05) is 12.1 Å². The van der Waals surface area contributed by atoms with Crippen LogP contribution in [0.15, 0.2) is 61.1 Å². The summed E-state index contributed by atoms with van der Waals surface area (Å²) < 4.78 is 5.70. The molecule has 0 bridgehead atoms. The highest BCUT2D eigenvalue weighted by Crippen LogP contribution is 2.35. The highest BCUT2D eigenvalue weighted by Gasteiger charge is 2.26. The first-order valence-corrected chi connectivity index (χ1v) is 9.72. The lowest BCUT2D eigenvalue weighted by molar-refractivity contribution is -0.385. The van der Waals surface area contributed by atoms with Crippen molar-refractivity contribution in [3.63, 3.8) is 0 Å². The van der Waals surface area contributed by atoms with Crippen LogP contribution in [-0.4, -0.2) is 25.8 Å². The van der Waals surface area contributed by atoms with Crippen LogP contribution in [0.25, 0.3) is 10.9 Å². The molecule has 0 aliphatic carbocycles. The first-order chi connectivity index (χ1) is 15.4. The average molecular weight is 471 g/mol. The van der Waals surface area contributed by atoms with E-state index in [2.05, 4.69) is 25.8 Å². The predicted molar refractivity (Wildman–Crippen MR) is 118 cm³/mol. The van der Waals surface area contributed by atoms with Crippen molar-refractivity contribution < 1.29 is 14.5 Å². The lowest BCUT2D eigenvalue weighted by atomic mass is 10.2. The number of hydrogen-bond acceptors (Lipinski definition) is 8. The van der Waals surface area contributed by atoms with E-state index in [-0.39, 0.29) is 28.0 Å². The van der Waals surface area contributed by atoms with E-state index in [1.165, 1.54) is 18.2 Å². The van der Waals surface area contributed by atoms with Crippen molar-refractivity contribution >= 4 is 51.5 Å². The monoisotopic (exact) mass is 470 g/mol. The van der Waals surface area contributed by atoms with Gasteiger partial charge in [0.2, 0.25) is 5.82 Å². The van der Waals surface area contributed by atoms with Crippen molar-refractivity contribution in [1.29, 1.82) is 0 Å². The highest BCUT2D eigenvalue weighted by atomic mass is 35.5. The average Bonchev–Trinajstić information content (AvgIpc) is 2.77. The minimum atomic E-state index is -0.725. The standard InChI is InChI=1S/C20H12Cl2N6O4/c21-12-6-7-13(14(22)9-12)19(29)27-26-18-17(28(30)31)20(25-10-24-18)32-15-5-1-3-11-4-2-8-23-16(11)15/h1-10H,(H,27,29)(H,24,25,26). The van der Waals surface area contributed by atoms with Gasteiger partial charge in [0.05, 0.1) is 15.5 Å². The number of fused-ring (bicyclic) bond motifs is 1. The predicted octanol–water partition coefficient (Wildman–Crippen LogP) is 4.79. The maximum atomic E-state index is 12.4. The number of nitrogens with zero attached hydrogens (tertiary/aromatic N) is 4. The van der Waals surface area contributed by atoms with Crippen molar-refractivity contribution in [3.8, 4) is 11.6 Å². The summed E-state index contributed by atoms with van der Waals surface area (Å²) in [6, 6.07) is 13.0. The first-order valence-electron chi connectivity index (χ1n) is 8.96. The lowest BCUT2D eigenvalue weighted by Crippen LogP contribution is -2.30. The quantitative estimate of drug-likeness (QED) is 0.303. The number of anilines is 1. The normalized spacial score (nSPS) is 10.6. The van der Waals surface area contributed by atoms with Crippen molar-refractivity contribution in [3.05, 3.63) is 86.8 Å². The van der Waals surface area contributed by atoms with Gasteiger partial charge in [-0.15, -0.1) is 0 Å². The fraction of sp³-hybridized carbons (Fsp3) is 0. The smallest absolute Gasteiger partial charge is 0.374 e. The topological polar surface area (TPSA) is 132 Å². The van der Waals surface area contributed by atoms with Gasteiger partial charge in [-0.25, -0.2) is 4.98 Å². The third-order valence-corrected chi connectivity index (χ3v) is 4.79. The van der Waals surface area contributed by atoms with Crippen LogP contribution in [0.4, 0.5) is 11.5 Å². The fourth-order valence-corrected chi connectivity index (χ4v) is 3.31. The lowest BCUT2D eigenvalue weighted by Gasteiger charge is -2.11. The van der Waals surface area contributed by atoms with Gasteiger partial charge in [0.1, 0.15) is 11.8 Å². The van der Waals surface area contributed by atoms with E-state index in [9.17, 15) is 14.9 Å². The number of nitro groups is 1. The Bertz CT molecular complexity index is 1350. The van der Waals surface area contributed by atoms with E-state index in [1.54, 1.807) is 24.4 Å². The number of pyridine rings is 1. The van der Waals surface area contributed by atoms with Gasteiger partial charge in [-0.2, -0.15) is 4.98 Å². The molecule has 10 nitrogen and oxygen atoms in total. The Morgan fingerprint density at radius 1 is 1.06 bits per heavy atom. The maximum Gasteiger partial charge on any atom is 0.374 e. The summed E-state index contributed by atoms with van der Waals surface area (Å²) in [7, 11) is 0. The Labute approximate surface area is 190 Å². The molecule has 0 spiro atoms. The van der Waals surface area contributed by atoms with E-state index in [0.29, 0.717) is 10.5 Å². The van der Waals surface area contributed by atoms with Gasteiger partial charge in [-0.05, 0) is 30.3 Å². The number of benzene rings is 2. The molecule has 0 aliphatic rings. The zero-order chi connectivity index (χ0) is 22.7. The molecule has 1 amide bonds. The number of rotatable bonds is 6. The first kappa shape index (κ1) is 21.2. The highest BCUT2D eigenvalue weighted by molar-refractivity contribution is 6.36. The second kappa shape index (κ2) is 9.00. The number of ether oxygens (including phenoxy) is 1. The van der Waals surface area contributed by atoms with Crippen LogP contribution in [0, 0.1) is 10.1 Å². The number of amides is 1. The summed E-state index contributed by atoms with van der Waals surface area (Å²) >= 11 is 11.8. The van der Waals surface area contributed by atoms with Gasteiger partial charge in [-0.1, -0.05) is 41.4 Å². The van der Waals surface area contributed by atoms with E-state index in [0.717, 1.165) is 11.7 Å². The molecule has 0 atom stereocenters. The van der Waals surface area contributed by atoms with E-state index >= 15 is 0 Å². The second-order valence-corrected chi connectivity index (χ2v) is 7.11. The van der Waals surface area contributed by atoms with E-state index < -0.39 is 16.5 Å². The summed E-state index contributed by atoms with van der Waals surface area (Å²) in [4.78, 5) is 35.4. The van der Waals surface area contributed by atoms with Gasteiger partial charge in [0.25, 0.3) is 5.91 Å². The third kappa shape index (κ3) is 4.36. The molecule has 2 aromatic heterocycles. The van der Waals surface area contributed by atoms with Crippen LogP contribution in [-0.2, 0) is 0 Å². The molecule has 0 fully saturated rings. The molecular weight excluding hydrogens is 459 g/mol. The largest absolute Gasteiger partial charge is 0.431 e. The minimum absolute atomic E-state index is 0.110. The number of para-hydroxylation sites is 1. The number of nitrogens with one attached hydrogen (secondary N) is 2. The van der Waals surface area contributed by atoms with Crippen LogP contribution in [0.3, 0.4) is 0 Å². The van der Waals surface area contributed by atoms with Gasteiger partial charge in [-0.3, -0.25) is 30.7 Å². The summed E-state index contributed by atoms with van der Waals surface area (Å²) in [5.41, 5.74) is 4.76. The van der Waals surface area contributed by atoms with Crippen molar-refractivity contribution in [2.24, 2.45) is 0 Å². The number of halogens is 2. The van der Waals surface area contributed by atoms with E-state index in [4.69, 9.17) is 27.9 Å². The molecule has 0 aliphatic heterocycles. The zero-order valence-corrected chi connectivity index (χ0v) is 17.5.